The quantitative estimate of drug-likeness (QED) is 0.332. The molecule has 3 rings (SSSR count). The number of likely N-dealkylation sites (tertiary alicyclic amines) is 1. The first kappa shape index (κ1) is 23.5. The minimum absolute atomic E-state index is 0.0879. The van der Waals surface area contributed by atoms with Crippen molar-refractivity contribution in [3.63, 3.8) is 0 Å². The first-order valence-corrected chi connectivity index (χ1v) is 11.1. The molecule has 5 nitrogen and oxygen atoms in total. The molecule has 1 aliphatic heterocycles. The Balaban J connectivity index is 2.19. The van der Waals surface area contributed by atoms with E-state index in [1.807, 2.05) is 27.7 Å². The van der Waals surface area contributed by atoms with Crippen LogP contribution in [-0.2, 0) is 9.59 Å². The largest absolute Gasteiger partial charge is 0.507 e. The summed E-state index contributed by atoms with van der Waals surface area (Å²) in [6.45, 7) is 8.68. The van der Waals surface area contributed by atoms with Crippen LogP contribution in [0.15, 0.2) is 48.0 Å². The van der Waals surface area contributed by atoms with Crippen LogP contribution in [0, 0.1) is 5.82 Å². The molecule has 6 heteroatoms. The maximum atomic E-state index is 14.8. The van der Waals surface area contributed by atoms with Crippen molar-refractivity contribution in [2.45, 2.75) is 52.5 Å². The molecule has 2 aromatic carbocycles. The van der Waals surface area contributed by atoms with Crippen molar-refractivity contribution < 1.29 is 23.8 Å². The predicted octanol–water partition coefficient (Wildman–Crippen LogP) is 5.57. The Morgan fingerprint density at radius 1 is 1.16 bits per heavy atom. The van der Waals surface area contributed by atoms with Crippen LogP contribution in [0.4, 0.5) is 4.39 Å². The lowest BCUT2D eigenvalue weighted by molar-refractivity contribution is -0.139. The van der Waals surface area contributed by atoms with Crippen molar-refractivity contribution in [1.82, 2.24) is 4.90 Å². The summed E-state index contributed by atoms with van der Waals surface area (Å²) < 4.78 is 20.5. The van der Waals surface area contributed by atoms with Gasteiger partial charge in [0.2, 0.25) is 0 Å². The number of carbonyl (C=O) groups is 2. The molecule has 1 saturated heterocycles. The Hall–Kier alpha value is -3.15. The summed E-state index contributed by atoms with van der Waals surface area (Å²) in [5.41, 5.74) is 1.37. The van der Waals surface area contributed by atoms with Crippen molar-refractivity contribution in [2.24, 2.45) is 0 Å². The molecule has 1 fully saturated rings. The molecule has 0 aromatic heterocycles. The van der Waals surface area contributed by atoms with Gasteiger partial charge in [0.25, 0.3) is 11.7 Å². The highest BCUT2D eigenvalue weighted by Crippen LogP contribution is 2.41. The zero-order valence-electron chi connectivity index (χ0n) is 19.0. The van der Waals surface area contributed by atoms with E-state index in [2.05, 4.69) is 0 Å². The Labute approximate surface area is 188 Å². The van der Waals surface area contributed by atoms with Gasteiger partial charge >= 0.3 is 0 Å². The molecule has 2 aromatic rings. The predicted molar refractivity (Wildman–Crippen MR) is 122 cm³/mol. The number of amides is 1. The zero-order chi connectivity index (χ0) is 23.4. The molecule has 0 spiro atoms. The van der Waals surface area contributed by atoms with Gasteiger partial charge in [-0.25, -0.2) is 4.39 Å². The third-order valence-corrected chi connectivity index (χ3v) is 5.70. The molecule has 0 aliphatic carbocycles. The van der Waals surface area contributed by atoms with Crippen LogP contribution in [0.5, 0.6) is 5.75 Å². The van der Waals surface area contributed by atoms with Crippen LogP contribution >= 0.6 is 0 Å². The van der Waals surface area contributed by atoms with Gasteiger partial charge < -0.3 is 14.7 Å². The summed E-state index contributed by atoms with van der Waals surface area (Å²) >= 11 is 0. The van der Waals surface area contributed by atoms with Crippen LogP contribution in [-0.4, -0.2) is 34.8 Å². The number of hydrogen-bond donors (Lipinski definition) is 1. The average Bonchev–Trinajstić information content (AvgIpc) is 3.02. The summed E-state index contributed by atoms with van der Waals surface area (Å²) in [6, 6.07) is 10.3. The van der Waals surface area contributed by atoms with E-state index in [0.717, 1.165) is 12.0 Å². The standard InChI is InChI=1S/C26H30FNO4/c1-5-7-14-28-23(18-10-8-9-11-20(18)27)22(25(30)26(28)31)24(29)17-12-13-21(32-6-2)19(15-17)16(3)4/h8-13,15-16,23,29H,5-7,14H2,1-4H3/b24-22+. The summed E-state index contributed by atoms with van der Waals surface area (Å²) in [5, 5.41) is 11.2. The molecule has 1 N–H and O–H groups in total. The summed E-state index contributed by atoms with van der Waals surface area (Å²) in [7, 11) is 0. The number of ketones is 1. The van der Waals surface area contributed by atoms with E-state index in [9.17, 15) is 19.1 Å². The van der Waals surface area contributed by atoms with Gasteiger partial charge in [-0.2, -0.15) is 0 Å². The second-order valence-corrected chi connectivity index (χ2v) is 8.21. The van der Waals surface area contributed by atoms with Gasteiger partial charge in [0.05, 0.1) is 18.2 Å². The van der Waals surface area contributed by atoms with Crippen molar-refractivity contribution in [2.75, 3.05) is 13.2 Å². The summed E-state index contributed by atoms with van der Waals surface area (Å²) in [5.74, 6) is -1.54. The fourth-order valence-electron chi connectivity index (χ4n) is 4.05. The molecular formula is C26H30FNO4. The van der Waals surface area contributed by atoms with Crippen molar-refractivity contribution in [3.05, 3.63) is 70.5 Å². The number of ether oxygens (including phenoxy) is 1. The smallest absolute Gasteiger partial charge is 0.295 e. The highest BCUT2D eigenvalue weighted by molar-refractivity contribution is 6.46. The normalized spacial score (nSPS) is 17.9. The number of aliphatic hydroxyl groups excluding tert-OH is 1. The van der Waals surface area contributed by atoms with Gasteiger partial charge in [-0.3, -0.25) is 9.59 Å². The summed E-state index contributed by atoms with van der Waals surface area (Å²) in [6.07, 6.45) is 1.47. The molecule has 170 valence electrons. The van der Waals surface area contributed by atoms with E-state index in [1.54, 1.807) is 36.4 Å². The van der Waals surface area contributed by atoms with E-state index in [0.29, 0.717) is 30.9 Å². The molecule has 1 atom stereocenters. The van der Waals surface area contributed by atoms with Crippen LogP contribution in [0.3, 0.4) is 0 Å². The van der Waals surface area contributed by atoms with Gasteiger partial charge in [-0.1, -0.05) is 45.4 Å². The number of nitrogens with zero attached hydrogens (tertiary/aromatic N) is 1. The number of halogens is 1. The zero-order valence-corrected chi connectivity index (χ0v) is 19.0. The lowest BCUT2D eigenvalue weighted by Crippen LogP contribution is -2.31. The molecule has 0 radical (unpaired) electrons. The SMILES string of the molecule is CCCCN1C(=O)C(=O)/C(=C(/O)c2ccc(OCC)c(C(C)C)c2)C1c1ccccc1F. The topological polar surface area (TPSA) is 66.8 Å². The lowest BCUT2D eigenvalue weighted by Gasteiger charge is -2.25. The molecule has 1 unspecified atom stereocenters. The lowest BCUT2D eigenvalue weighted by atomic mass is 9.93. The van der Waals surface area contributed by atoms with Gasteiger partial charge in [-0.05, 0) is 49.1 Å². The van der Waals surface area contributed by atoms with Crippen molar-refractivity contribution in [1.29, 1.82) is 0 Å². The van der Waals surface area contributed by atoms with E-state index in [4.69, 9.17) is 4.74 Å². The fourth-order valence-corrected chi connectivity index (χ4v) is 4.05. The Kier molecular flexibility index (Phi) is 7.33. The van der Waals surface area contributed by atoms with Gasteiger partial charge in [0.15, 0.2) is 0 Å². The first-order valence-electron chi connectivity index (χ1n) is 11.1. The molecule has 1 aliphatic rings. The highest BCUT2D eigenvalue weighted by Gasteiger charge is 2.46. The Bertz CT molecular complexity index is 1040. The molecule has 0 saturated carbocycles. The van der Waals surface area contributed by atoms with Crippen molar-refractivity contribution in [3.8, 4) is 5.75 Å². The highest BCUT2D eigenvalue weighted by atomic mass is 19.1. The first-order chi connectivity index (χ1) is 15.3. The number of aliphatic hydroxyl groups is 1. The Morgan fingerprint density at radius 3 is 2.50 bits per heavy atom. The minimum atomic E-state index is -0.975. The Morgan fingerprint density at radius 2 is 1.88 bits per heavy atom. The van der Waals surface area contributed by atoms with E-state index < -0.39 is 23.5 Å². The van der Waals surface area contributed by atoms with Gasteiger partial charge in [0, 0.05) is 17.7 Å². The number of carbonyl (C=O) groups excluding carboxylic acids is 2. The fraction of sp³-hybridized carbons (Fsp3) is 0.385. The number of rotatable bonds is 8. The molecule has 1 heterocycles. The average molecular weight is 440 g/mol. The van der Waals surface area contributed by atoms with Crippen LogP contribution in [0.25, 0.3) is 5.76 Å². The van der Waals surface area contributed by atoms with Crippen molar-refractivity contribution >= 4 is 17.4 Å². The third kappa shape index (κ3) is 4.40. The van der Waals surface area contributed by atoms with E-state index in [1.165, 1.54) is 11.0 Å². The summed E-state index contributed by atoms with van der Waals surface area (Å²) in [4.78, 5) is 27.2. The molecule has 32 heavy (non-hydrogen) atoms. The second-order valence-electron chi connectivity index (χ2n) is 8.21. The molecular weight excluding hydrogens is 409 g/mol. The van der Waals surface area contributed by atoms with Crippen LogP contribution < -0.4 is 4.74 Å². The minimum Gasteiger partial charge on any atom is -0.507 e. The van der Waals surface area contributed by atoms with Gasteiger partial charge in [0.1, 0.15) is 17.3 Å². The third-order valence-electron chi connectivity index (χ3n) is 5.70. The van der Waals surface area contributed by atoms with E-state index in [-0.39, 0.29) is 22.8 Å². The number of Topliss-reactive ketones (excluding diaryl/α,β-unsaturated/α-hetero) is 1. The number of benzene rings is 2. The monoisotopic (exact) mass is 439 g/mol. The van der Waals surface area contributed by atoms with E-state index >= 15 is 0 Å². The molecule has 1 amide bonds. The maximum absolute atomic E-state index is 14.8. The number of hydrogen-bond acceptors (Lipinski definition) is 4. The molecule has 0 bridgehead atoms. The van der Waals surface area contributed by atoms with Crippen LogP contribution in [0.2, 0.25) is 0 Å². The second kappa shape index (κ2) is 9.98. The number of unbranched alkanes of at least 4 members (excludes halogenated alkanes) is 1. The van der Waals surface area contributed by atoms with Gasteiger partial charge in [-0.15, -0.1) is 0 Å². The van der Waals surface area contributed by atoms with Crippen LogP contribution in [0.1, 0.15) is 69.2 Å². The maximum Gasteiger partial charge on any atom is 0.295 e.